The Bertz CT molecular complexity index is 5320. The molecule has 7 aliphatic rings. The summed E-state index contributed by atoms with van der Waals surface area (Å²) in [5.41, 5.74) is 4.74. The molecule has 7 aliphatic heterocycles. The number of likely N-dealkylation sites (N-methyl/N-ethyl adjacent to an activating group) is 1. The predicted molar refractivity (Wildman–Crippen MR) is 440 cm³/mol. The van der Waals surface area contributed by atoms with Gasteiger partial charge in [0.1, 0.15) is 101 Å². The zero-order valence-corrected chi connectivity index (χ0v) is 68.8. The number of hydrogen-bond acceptors (Lipinski definition) is 28. The number of phenols is 3. The summed E-state index contributed by atoms with van der Waals surface area (Å²) in [6.07, 6.45) is -24.9. The quantitative estimate of drug-likeness (QED) is 0.0278. The van der Waals surface area contributed by atoms with Crippen molar-refractivity contribution in [1.29, 1.82) is 0 Å². The van der Waals surface area contributed by atoms with Crippen LogP contribution in [0.5, 0.6) is 46.0 Å². The SMILES string of the molecule is C.CNC(CC(C)C)C(=O)NC1C(=O)NC(CC(N)=O)C(=O)NC2C(=O)NC3C(=O)NC(C(=O)NC(C(=O)NNCCO)c4cc(O)cc(O)c4-c4cc3ccc4O)C(O)c3ccc(c(Cl)c3)Oc3cc2cc(c3OC2OC(CO)C(O)C(O)C2OC2CC(C)(NCc3ccc(NC(=O)c4ccc(F)c(C(F)(F)F)c4)cc3)C(O)C(C)O2)Oc2ccc(cc2Cl)C1O. The minimum absolute atomic E-state index is 0. The van der Waals surface area contributed by atoms with Crippen LogP contribution in [0.15, 0.2) is 121 Å². The van der Waals surface area contributed by atoms with Gasteiger partial charge in [0.2, 0.25) is 53.4 Å². The average Bonchev–Trinajstić information content (AvgIpc) is 0.763. The van der Waals surface area contributed by atoms with Gasteiger partial charge in [0.15, 0.2) is 23.9 Å². The van der Waals surface area contributed by atoms with Crippen molar-refractivity contribution in [2.45, 2.75) is 176 Å². The summed E-state index contributed by atoms with van der Waals surface area (Å²) in [6.45, 7) is 4.73. The van der Waals surface area contributed by atoms with Gasteiger partial charge in [0.05, 0.1) is 53.5 Å². The maximum Gasteiger partial charge on any atom is 0.419 e. The number of hydrogen-bond donors (Lipinski definition) is 22. The standard InChI is InChI=1S/C83H90Cl2F4N12O25.CH4/c1-33(2)20-49(91-5)74(114)99-64-66(108)37-10-16-53(46(84)23-37)122-55-25-40-26-56(70(55)126-81-71(69(111)68(110)57(32-103)124-81)125-59-30-82(4,72(112)34(3)121-59)92-31-35-6-12-41(13-7-35)94-73(113)39-8-14-48(86)45(22-39)83(87,88)89)123-54-17-11-38(24-47(54)85)67(109)65-79(119)98-63(80(120)101-93-18-19-102)44-27-42(104)28-52(106)60(44)43-21-36(9-15-51(43)105)61(76(116)100-65)97-77(117)62(40)96-75(115)50(29-58(90)107)95-78(64)118;/h6-17,21-28,33-34,49-50,57,59,61-69,71-72,81,91-93,102-106,108-112H,18-20,29-32H2,1-5H3,(H2,90,107)(H,94,113)(H,95,118)(H,96,115)(H,97,117)(H,98,119)(H,99,114)(H,100,116)(H,101,120);1H4. The lowest BCUT2D eigenvalue weighted by molar-refractivity contribution is -0.334. The van der Waals surface area contributed by atoms with Crippen molar-refractivity contribution in [2.75, 3.05) is 32.1 Å². The first-order valence-corrected chi connectivity index (χ1v) is 40.0. The van der Waals surface area contributed by atoms with Gasteiger partial charge in [0.25, 0.3) is 11.8 Å². The summed E-state index contributed by atoms with van der Waals surface area (Å²) in [5.74, 6) is -18.4. The number of aromatic hydroxyl groups is 3. The number of benzene rings is 7. The van der Waals surface area contributed by atoms with E-state index in [-0.39, 0.29) is 61.7 Å². The van der Waals surface area contributed by atoms with Gasteiger partial charge in [-0.15, -0.1) is 0 Å². The second-order valence-corrected chi connectivity index (χ2v) is 31.9. The average molecular weight is 1820 g/mol. The fourth-order valence-electron chi connectivity index (χ4n) is 15.0. The van der Waals surface area contributed by atoms with Gasteiger partial charge in [0, 0.05) is 53.5 Å². The van der Waals surface area contributed by atoms with Crippen molar-refractivity contribution >= 4 is 82.1 Å². The molecule has 18 unspecified atom stereocenters. The molecule has 2 saturated heterocycles. The first-order chi connectivity index (χ1) is 59.6. The molecule has 127 heavy (non-hydrogen) atoms. The summed E-state index contributed by atoms with van der Waals surface area (Å²) in [4.78, 5) is 133. The highest BCUT2D eigenvalue weighted by Crippen LogP contribution is 2.50. The maximum absolute atomic E-state index is 16.3. The summed E-state index contributed by atoms with van der Waals surface area (Å²) in [6, 6.07) is 6.80. The molecule has 7 aromatic carbocycles. The van der Waals surface area contributed by atoms with Crippen LogP contribution in [0.2, 0.25) is 10.0 Å². The number of primary amides is 1. The monoisotopic (exact) mass is 1820 g/mol. The molecule has 43 heteroatoms. The van der Waals surface area contributed by atoms with Crippen LogP contribution in [-0.2, 0) is 65.3 Å². The zero-order valence-electron chi connectivity index (χ0n) is 67.3. The van der Waals surface area contributed by atoms with Crippen molar-refractivity contribution in [3.8, 4) is 57.1 Å². The summed E-state index contributed by atoms with van der Waals surface area (Å²) < 4.78 is 94.0. The minimum Gasteiger partial charge on any atom is -0.508 e. The smallest absolute Gasteiger partial charge is 0.419 e. The van der Waals surface area contributed by atoms with Crippen LogP contribution in [0.25, 0.3) is 11.1 Å². The van der Waals surface area contributed by atoms with E-state index in [1.807, 2.05) is 0 Å². The number of nitrogens with one attached hydrogen (secondary N) is 11. The Hall–Kier alpha value is -11.7. The number of amides is 9. The van der Waals surface area contributed by atoms with Crippen molar-refractivity contribution in [1.82, 2.24) is 53.4 Å². The van der Waals surface area contributed by atoms with Gasteiger partial charge >= 0.3 is 6.18 Å². The zero-order chi connectivity index (χ0) is 91.4. The normalized spacial score (nSPS) is 25.8. The number of carbonyl (C=O) groups is 9. The third kappa shape index (κ3) is 21.6. The Morgan fingerprint density at radius 2 is 1.33 bits per heavy atom. The number of nitrogens with two attached hydrogens (primary N) is 1. The number of aliphatic hydroxyl groups is 7. The van der Waals surface area contributed by atoms with Crippen LogP contribution in [-0.4, -0.2) is 210 Å². The number of anilines is 1. The van der Waals surface area contributed by atoms with E-state index in [2.05, 4.69) is 58.7 Å². The highest BCUT2D eigenvalue weighted by Gasteiger charge is 2.53. The molecule has 23 N–H and O–H groups in total. The first kappa shape index (κ1) is 96.0. The second-order valence-electron chi connectivity index (χ2n) is 31.1. The number of hydrazine groups is 1. The molecule has 18 atom stereocenters. The van der Waals surface area contributed by atoms with Crippen LogP contribution in [0, 0.1) is 11.7 Å². The van der Waals surface area contributed by atoms with Crippen LogP contribution >= 0.6 is 23.2 Å². The Morgan fingerprint density at radius 1 is 0.701 bits per heavy atom. The van der Waals surface area contributed by atoms with Crippen molar-refractivity contribution in [2.24, 2.45) is 11.7 Å². The van der Waals surface area contributed by atoms with Crippen LogP contribution < -0.4 is 78.6 Å². The van der Waals surface area contributed by atoms with E-state index in [1.54, 1.807) is 20.8 Å². The molecule has 0 aliphatic carbocycles. The number of halogens is 6. The molecule has 7 aromatic rings. The molecule has 0 radical (unpaired) electrons. The number of ether oxygens (including phenoxy) is 6. The van der Waals surface area contributed by atoms with E-state index in [0.717, 1.165) is 78.9 Å². The van der Waals surface area contributed by atoms with E-state index in [9.17, 15) is 87.8 Å². The summed E-state index contributed by atoms with van der Waals surface area (Å²) in [7, 11) is 1.45. The van der Waals surface area contributed by atoms with Crippen LogP contribution in [0.3, 0.4) is 0 Å². The number of phenolic OH excluding ortho intramolecular Hbond substituents is 3. The van der Waals surface area contributed by atoms with E-state index >= 15 is 24.0 Å². The lowest BCUT2D eigenvalue weighted by Crippen LogP contribution is -2.65. The molecule has 0 saturated carbocycles. The molecule has 2 fully saturated rings. The van der Waals surface area contributed by atoms with Gasteiger partial charge in [-0.05, 0) is 152 Å². The van der Waals surface area contributed by atoms with Gasteiger partial charge in [-0.1, -0.05) is 74.8 Å². The molecular formula is C84H94Cl2F4N12O25. The maximum atomic E-state index is 16.3. The molecule has 14 rings (SSSR count). The highest BCUT2D eigenvalue weighted by molar-refractivity contribution is 6.32. The number of fused-ring (bicyclic) bond motifs is 15. The Balaban J connectivity index is 0.0000156. The highest BCUT2D eigenvalue weighted by atomic mass is 35.5. The van der Waals surface area contributed by atoms with Crippen molar-refractivity contribution in [3.05, 3.63) is 182 Å². The molecular weight excluding hydrogens is 1720 g/mol. The third-order valence-electron chi connectivity index (χ3n) is 21.6. The molecule has 0 spiro atoms. The molecule has 37 nitrogen and oxygen atoms in total. The fourth-order valence-corrected chi connectivity index (χ4v) is 15.5. The third-order valence-corrected chi connectivity index (χ3v) is 22.2. The van der Waals surface area contributed by atoms with E-state index in [0.29, 0.717) is 17.7 Å². The number of rotatable bonds is 21. The van der Waals surface area contributed by atoms with E-state index < -0.39 is 283 Å². The Labute approximate surface area is 731 Å². The summed E-state index contributed by atoms with van der Waals surface area (Å²) >= 11 is 14.3. The van der Waals surface area contributed by atoms with Crippen molar-refractivity contribution < 1.29 is 140 Å². The largest absolute Gasteiger partial charge is 0.508 e. The van der Waals surface area contributed by atoms with E-state index in [1.165, 1.54) is 44.3 Å². The molecule has 9 amide bonds. The predicted octanol–water partition coefficient (Wildman–Crippen LogP) is 3.51. The second kappa shape index (κ2) is 40.1. The molecule has 7 heterocycles. The Kier molecular flexibility index (Phi) is 30.3. The summed E-state index contributed by atoms with van der Waals surface area (Å²) in [5, 5.41) is 139. The lowest BCUT2D eigenvalue weighted by atomic mass is 9.84. The number of aliphatic hydroxyl groups excluding tert-OH is 7. The van der Waals surface area contributed by atoms with Gasteiger partial charge < -0.3 is 133 Å². The number of carbonyl (C=O) groups excluding carboxylic acids is 9. The topological polar surface area (TPSA) is 570 Å². The molecule has 682 valence electrons. The lowest BCUT2D eigenvalue weighted by Gasteiger charge is -2.48. The first-order valence-electron chi connectivity index (χ1n) is 39.3. The number of alkyl halides is 3. The minimum atomic E-state index is -5.10. The van der Waals surface area contributed by atoms with E-state index in [4.69, 9.17) is 57.4 Å². The molecule has 11 bridgehead atoms. The van der Waals surface area contributed by atoms with Gasteiger partial charge in [-0.3, -0.25) is 48.6 Å². The van der Waals surface area contributed by atoms with Crippen molar-refractivity contribution in [3.63, 3.8) is 0 Å². The van der Waals surface area contributed by atoms with Crippen LogP contribution in [0.1, 0.15) is 134 Å². The Morgan fingerprint density at radius 3 is 1.94 bits per heavy atom. The van der Waals surface area contributed by atoms with Crippen LogP contribution in [0.4, 0.5) is 23.2 Å². The fraction of sp³-hybridized carbons (Fsp3) is 0.393. The molecule has 0 aromatic heterocycles. The van der Waals surface area contributed by atoms with Gasteiger partial charge in [-0.2, -0.15) is 13.2 Å². The van der Waals surface area contributed by atoms with Gasteiger partial charge in [-0.25, -0.2) is 9.82 Å².